The summed E-state index contributed by atoms with van der Waals surface area (Å²) in [5.74, 6) is 0.841. The zero-order chi connectivity index (χ0) is 18.9. The quantitative estimate of drug-likeness (QED) is 0.211. The van der Waals surface area contributed by atoms with Crippen LogP contribution in [0.3, 0.4) is 0 Å². The molecule has 1 saturated heterocycles. The summed E-state index contributed by atoms with van der Waals surface area (Å²) in [6, 6.07) is 8.33. The molecule has 1 aromatic rings. The highest BCUT2D eigenvalue weighted by molar-refractivity contribution is 14.0. The van der Waals surface area contributed by atoms with Crippen molar-refractivity contribution in [2.45, 2.75) is 42.9 Å². The third-order valence-electron chi connectivity index (χ3n) is 4.15. The van der Waals surface area contributed by atoms with Crippen molar-refractivity contribution in [3.63, 3.8) is 0 Å². The maximum Gasteiger partial charge on any atom is 0.314 e. The number of carbonyl (C=O) groups excluding carboxylic acids is 1. The number of halogens is 2. The minimum absolute atomic E-state index is 0. The van der Waals surface area contributed by atoms with Gasteiger partial charge in [-0.05, 0) is 44.0 Å². The van der Waals surface area contributed by atoms with Crippen LogP contribution in [0.15, 0.2) is 38.6 Å². The Hall–Kier alpha value is -0.680. The lowest BCUT2D eigenvalue weighted by Crippen LogP contribution is -2.50. The maximum atomic E-state index is 11.2. The molecule has 0 saturated carbocycles. The molecule has 6 nitrogen and oxygen atoms in total. The number of primary amides is 1. The molecule has 2 rings (SSSR count). The first-order chi connectivity index (χ1) is 12.5. The molecule has 0 spiro atoms. The zero-order valence-corrected chi connectivity index (χ0v) is 20.5. The van der Waals surface area contributed by atoms with E-state index >= 15 is 0 Å². The summed E-state index contributed by atoms with van der Waals surface area (Å²) in [5.41, 5.74) is 5.34. The van der Waals surface area contributed by atoms with Gasteiger partial charge in [-0.2, -0.15) is 0 Å². The van der Waals surface area contributed by atoms with E-state index < -0.39 is 0 Å². The van der Waals surface area contributed by atoms with Crippen molar-refractivity contribution in [2.24, 2.45) is 10.7 Å². The maximum absolute atomic E-state index is 11.2. The van der Waals surface area contributed by atoms with Gasteiger partial charge in [0.25, 0.3) is 0 Å². The van der Waals surface area contributed by atoms with Gasteiger partial charge in [-0.25, -0.2) is 4.79 Å². The minimum Gasteiger partial charge on any atom is -0.357 e. The molecule has 1 atom stereocenters. The van der Waals surface area contributed by atoms with E-state index in [1.807, 2.05) is 11.8 Å². The smallest absolute Gasteiger partial charge is 0.314 e. The van der Waals surface area contributed by atoms with Gasteiger partial charge in [-0.3, -0.25) is 4.99 Å². The fraction of sp³-hybridized carbons (Fsp3) is 0.556. The van der Waals surface area contributed by atoms with Crippen LogP contribution in [0.1, 0.15) is 26.7 Å². The largest absolute Gasteiger partial charge is 0.357 e. The number of nitrogens with zero attached hydrogens (tertiary/aromatic N) is 2. The monoisotopic (exact) mass is 569 g/mol. The number of benzene rings is 1. The minimum atomic E-state index is -0.331. The highest BCUT2D eigenvalue weighted by atomic mass is 127. The molecule has 0 bridgehead atoms. The van der Waals surface area contributed by atoms with E-state index in [2.05, 4.69) is 64.7 Å². The fourth-order valence-corrected chi connectivity index (χ4v) is 3.93. The number of carbonyl (C=O) groups is 1. The molecule has 1 fully saturated rings. The summed E-state index contributed by atoms with van der Waals surface area (Å²) < 4.78 is 1.09. The van der Waals surface area contributed by atoms with Crippen molar-refractivity contribution < 1.29 is 4.79 Å². The highest BCUT2D eigenvalue weighted by Crippen LogP contribution is 2.24. The molecule has 1 aliphatic rings. The molecule has 1 heterocycles. The van der Waals surface area contributed by atoms with Crippen LogP contribution in [-0.4, -0.2) is 54.4 Å². The van der Waals surface area contributed by atoms with Crippen molar-refractivity contribution in [2.75, 3.05) is 26.2 Å². The summed E-state index contributed by atoms with van der Waals surface area (Å²) in [5, 5.41) is 7.17. The molecule has 152 valence electrons. The van der Waals surface area contributed by atoms with Gasteiger partial charge < -0.3 is 21.3 Å². The molecule has 9 heteroatoms. The number of guanidine groups is 1. The molecular weight excluding hydrogens is 541 g/mol. The van der Waals surface area contributed by atoms with E-state index in [1.54, 1.807) is 4.90 Å². The second kappa shape index (κ2) is 12.7. The second-order valence-electron chi connectivity index (χ2n) is 6.35. The van der Waals surface area contributed by atoms with Crippen molar-refractivity contribution in [1.29, 1.82) is 0 Å². The Kier molecular flexibility index (Phi) is 11.5. The van der Waals surface area contributed by atoms with Crippen LogP contribution < -0.4 is 16.4 Å². The molecule has 0 aromatic heterocycles. The Labute approximate surface area is 191 Å². The summed E-state index contributed by atoms with van der Waals surface area (Å²) >= 11 is 5.28. The number of hydrogen-bond donors (Lipinski definition) is 3. The Morgan fingerprint density at radius 2 is 2.00 bits per heavy atom. The molecule has 27 heavy (non-hydrogen) atoms. The zero-order valence-electron chi connectivity index (χ0n) is 15.8. The van der Waals surface area contributed by atoms with Gasteiger partial charge in [0, 0.05) is 40.3 Å². The lowest BCUT2D eigenvalue weighted by atomic mass is 10.1. The van der Waals surface area contributed by atoms with Crippen LogP contribution in [-0.2, 0) is 0 Å². The summed E-state index contributed by atoms with van der Waals surface area (Å²) in [4.78, 5) is 18.9. The van der Waals surface area contributed by atoms with E-state index in [-0.39, 0.29) is 30.0 Å². The van der Waals surface area contributed by atoms with Crippen molar-refractivity contribution in [3.05, 3.63) is 28.7 Å². The molecule has 1 unspecified atom stereocenters. The third-order valence-corrected chi connectivity index (χ3v) is 5.77. The molecule has 4 N–H and O–H groups in total. The first kappa shape index (κ1) is 24.4. The number of nitrogens with two attached hydrogens (primary N) is 1. The van der Waals surface area contributed by atoms with E-state index in [4.69, 9.17) is 10.7 Å². The van der Waals surface area contributed by atoms with E-state index in [0.29, 0.717) is 24.4 Å². The molecule has 0 radical (unpaired) electrons. The Balaban J connectivity index is 0.00000364. The summed E-state index contributed by atoms with van der Waals surface area (Å²) in [6.07, 6.45) is 1.77. The second-order valence-corrected chi connectivity index (χ2v) is 8.77. The topological polar surface area (TPSA) is 82.8 Å². The van der Waals surface area contributed by atoms with Crippen LogP contribution in [0.25, 0.3) is 0 Å². The number of amides is 2. The van der Waals surface area contributed by atoms with Gasteiger partial charge in [0.05, 0.1) is 6.54 Å². The van der Waals surface area contributed by atoms with Gasteiger partial charge in [0.2, 0.25) is 0 Å². The molecule has 0 aliphatic carbocycles. The standard InChI is InChI=1S/C18H28BrN5OS.HI/c1-3-21-18(23-15-8-10-24(11-9-15)17(20)25)22-12-13(2)26-16-6-4-14(19)5-7-16;/h4-7,13,15H,3,8-12H2,1-2H3,(H2,20,25)(H2,21,22,23);1H. The van der Waals surface area contributed by atoms with Crippen LogP contribution in [0.4, 0.5) is 4.79 Å². The van der Waals surface area contributed by atoms with E-state index in [1.165, 1.54) is 4.90 Å². The first-order valence-corrected chi connectivity index (χ1v) is 10.7. The van der Waals surface area contributed by atoms with Crippen LogP contribution >= 0.6 is 51.7 Å². The van der Waals surface area contributed by atoms with Crippen LogP contribution in [0.5, 0.6) is 0 Å². The van der Waals surface area contributed by atoms with Crippen LogP contribution in [0.2, 0.25) is 0 Å². The molecule has 2 amide bonds. The third kappa shape index (κ3) is 8.91. The number of nitrogens with one attached hydrogen (secondary N) is 2. The van der Waals surface area contributed by atoms with E-state index in [9.17, 15) is 4.79 Å². The number of hydrogen-bond acceptors (Lipinski definition) is 3. The van der Waals surface area contributed by atoms with Gasteiger partial charge in [0.15, 0.2) is 5.96 Å². The number of urea groups is 1. The predicted molar refractivity (Wildman–Crippen MR) is 128 cm³/mol. The Bertz CT molecular complexity index is 608. The molecule has 1 aromatic carbocycles. The van der Waals surface area contributed by atoms with E-state index in [0.717, 1.165) is 36.4 Å². The lowest BCUT2D eigenvalue weighted by molar-refractivity contribution is 0.188. The van der Waals surface area contributed by atoms with Gasteiger partial charge in [0.1, 0.15) is 0 Å². The highest BCUT2D eigenvalue weighted by Gasteiger charge is 2.21. The number of piperidine rings is 1. The molecule has 1 aliphatic heterocycles. The normalized spacial score (nSPS) is 16.4. The number of aliphatic imine (C=N–C) groups is 1. The lowest BCUT2D eigenvalue weighted by Gasteiger charge is -2.32. The fourth-order valence-electron chi connectivity index (χ4n) is 2.76. The Morgan fingerprint density at radius 3 is 2.56 bits per heavy atom. The Morgan fingerprint density at radius 1 is 1.37 bits per heavy atom. The molecular formula is C18H29BrIN5OS. The first-order valence-electron chi connectivity index (χ1n) is 8.99. The SMILES string of the molecule is CCNC(=NCC(C)Sc1ccc(Br)cc1)NC1CCN(C(N)=O)CC1.I. The average molecular weight is 570 g/mol. The van der Waals surface area contributed by atoms with Crippen molar-refractivity contribution in [3.8, 4) is 0 Å². The average Bonchev–Trinajstić information content (AvgIpc) is 2.62. The summed E-state index contributed by atoms with van der Waals surface area (Å²) in [6.45, 7) is 7.19. The van der Waals surface area contributed by atoms with Gasteiger partial charge in [-0.1, -0.05) is 22.9 Å². The van der Waals surface area contributed by atoms with Crippen LogP contribution in [0, 0.1) is 0 Å². The van der Waals surface area contributed by atoms with Crippen molar-refractivity contribution >= 4 is 63.7 Å². The summed E-state index contributed by atoms with van der Waals surface area (Å²) in [7, 11) is 0. The number of rotatable bonds is 6. The van der Waals surface area contributed by atoms with Gasteiger partial charge in [-0.15, -0.1) is 35.7 Å². The van der Waals surface area contributed by atoms with Crippen molar-refractivity contribution in [1.82, 2.24) is 15.5 Å². The number of thioether (sulfide) groups is 1. The van der Waals surface area contributed by atoms with Gasteiger partial charge >= 0.3 is 6.03 Å². The predicted octanol–water partition coefficient (Wildman–Crippen LogP) is 3.65. The number of likely N-dealkylation sites (tertiary alicyclic amines) is 1.